The molecule has 0 saturated heterocycles. The van der Waals surface area contributed by atoms with Crippen molar-refractivity contribution in [3.63, 3.8) is 0 Å². The Labute approximate surface area is 135 Å². The van der Waals surface area contributed by atoms with Gasteiger partial charge in [0.15, 0.2) is 5.78 Å². The average Bonchev–Trinajstić information content (AvgIpc) is 2.50. The average molecular weight is 317 g/mol. The molecular weight excluding hydrogens is 294 g/mol. The van der Waals surface area contributed by atoms with Crippen molar-refractivity contribution in [3.05, 3.63) is 39.7 Å². The lowest BCUT2D eigenvalue weighted by molar-refractivity contribution is 0.101. The lowest BCUT2D eigenvalue weighted by Crippen LogP contribution is -2.17. The smallest absolute Gasteiger partial charge is 0.260 e. The van der Waals surface area contributed by atoms with Gasteiger partial charge in [0.05, 0.1) is 5.56 Å². The van der Waals surface area contributed by atoms with Gasteiger partial charge in [-0.3, -0.25) is 9.59 Å². The molecule has 0 amide bonds. The number of hydrogen-bond acceptors (Lipinski definition) is 3. The number of carbonyl (C=O) groups excluding carboxylic acids is 1. The quantitative estimate of drug-likeness (QED) is 0.462. The van der Waals surface area contributed by atoms with Crippen molar-refractivity contribution in [3.8, 4) is 0 Å². The number of aromatic amines is 1. The van der Waals surface area contributed by atoms with E-state index in [1.54, 1.807) is 0 Å². The third-order valence-electron chi connectivity index (χ3n) is 3.91. The SMILES string of the molecule is CCCCCCc1ccc2[nH]c(=O)c(C(C)=O)c(SC)c2c1. The molecule has 2 aromatic rings. The third kappa shape index (κ3) is 3.61. The zero-order valence-corrected chi connectivity index (χ0v) is 14.3. The van der Waals surface area contributed by atoms with E-state index in [2.05, 4.69) is 24.0 Å². The van der Waals surface area contributed by atoms with E-state index in [-0.39, 0.29) is 16.9 Å². The lowest BCUT2D eigenvalue weighted by Gasteiger charge is -2.10. The predicted molar refractivity (Wildman–Crippen MR) is 94.2 cm³/mol. The minimum absolute atomic E-state index is 0.180. The molecule has 22 heavy (non-hydrogen) atoms. The standard InChI is InChI=1S/C18H23NO2S/c1-4-5-6-7-8-13-9-10-15-14(11-13)17(22-3)16(12(2)20)18(21)19-15/h9-11H,4-8H2,1-3H3,(H,19,21). The summed E-state index contributed by atoms with van der Waals surface area (Å²) in [5.74, 6) is -0.180. The number of carbonyl (C=O) groups is 1. The number of nitrogens with one attached hydrogen (secondary N) is 1. The number of aromatic nitrogens is 1. The number of pyridine rings is 1. The summed E-state index contributed by atoms with van der Waals surface area (Å²) in [6.45, 7) is 3.66. The van der Waals surface area contributed by atoms with Crippen molar-refractivity contribution in [2.24, 2.45) is 0 Å². The van der Waals surface area contributed by atoms with Crippen LogP contribution < -0.4 is 5.56 Å². The van der Waals surface area contributed by atoms with Crippen LogP contribution in [0.3, 0.4) is 0 Å². The van der Waals surface area contributed by atoms with Crippen LogP contribution in [0.5, 0.6) is 0 Å². The van der Waals surface area contributed by atoms with E-state index in [0.717, 1.165) is 22.2 Å². The summed E-state index contributed by atoms with van der Waals surface area (Å²) in [4.78, 5) is 27.5. The van der Waals surface area contributed by atoms with Crippen molar-refractivity contribution >= 4 is 28.4 Å². The van der Waals surface area contributed by atoms with Gasteiger partial charge in [0.2, 0.25) is 0 Å². The van der Waals surface area contributed by atoms with Crippen molar-refractivity contribution < 1.29 is 4.79 Å². The molecule has 4 heteroatoms. The Bertz CT molecular complexity index is 734. The van der Waals surface area contributed by atoms with Crippen LogP contribution in [0.1, 0.15) is 55.5 Å². The highest BCUT2D eigenvalue weighted by atomic mass is 32.2. The van der Waals surface area contributed by atoms with Crippen LogP contribution in [0.4, 0.5) is 0 Å². The molecule has 0 saturated carbocycles. The summed E-state index contributed by atoms with van der Waals surface area (Å²) in [5, 5.41) is 0.977. The van der Waals surface area contributed by atoms with E-state index in [9.17, 15) is 9.59 Å². The number of aryl methyl sites for hydroxylation is 1. The van der Waals surface area contributed by atoms with Gasteiger partial charge in [-0.1, -0.05) is 32.3 Å². The number of ketones is 1. The van der Waals surface area contributed by atoms with Crippen LogP contribution in [-0.2, 0) is 6.42 Å². The monoisotopic (exact) mass is 317 g/mol. The normalized spacial score (nSPS) is 11.0. The Morgan fingerprint density at radius 2 is 2.00 bits per heavy atom. The topological polar surface area (TPSA) is 49.9 Å². The molecule has 1 aromatic carbocycles. The van der Waals surface area contributed by atoms with Gasteiger partial charge >= 0.3 is 0 Å². The summed E-state index contributed by atoms with van der Waals surface area (Å²) < 4.78 is 0. The van der Waals surface area contributed by atoms with Gasteiger partial charge in [-0.15, -0.1) is 11.8 Å². The highest BCUT2D eigenvalue weighted by molar-refractivity contribution is 7.99. The van der Waals surface area contributed by atoms with Crippen LogP contribution >= 0.6 is 11.8 Å². The molecule has 118 valence electrons. The molecule has 3 nitrogen and oxygen atoms in total. The van der Waals surface area contributed by atoms with E-state index >= 15 is 0 Å². The van der Waals surface area contributed by atoms with Crippen LogP contribution in [0, 0.1) is 0 Å². The van der Waals surface area contributed by atoms with E-state index in [4.69, 9.17) is 0 Å². The fourth-order valence-corrected chi connectivity index (χ4v) is 3.58. The Hall–Kier alpha value is -1.55. The number of fused-ring (bicyclic) bond motifs is 1. The first-order valence-electron chi connectivity index (χ1n) is 7.82. The molecule has 0 fully saturated rings. The first kappa shape index (κ1) is 16.8. The second-order valence-corrected chi connectivity index (χ2v) is 6.43. The molecular formula is C18H23NO2S. The van der Waals surface area contributed by atoms with Gasteiger partial charge < -0.3 is 4.98 Å². The van der Waals surface area contributed by atoms with Gasteiger partial charge in [-0.2, -0.15) is 0 Å². The van der Waals surface area contributed by atoms with Crippen LogP contribution in [-0.4, -0.2) is 17.0 Å². The summed E-state index contributed by atoms with van der Waals surface area (Å²) in [6, 6.07) is 6.15. The second kappa shape index (κ2) is 7.63. The van der Waals surface area contributed by atoms with Gasteiger partial charge in [0, 0.05) is 15.8 Å². The molecule has 0 radical (unpaired) electrons. The molecule has 2 rings (SSSR count). The van der Waals surface area contributed by atoms with Gasteiger partial charge in [-0.05, 0) is 43.7 Å². The molecule has 0 atom stereocenters. The van der Waals surface area contributed by atoms with Crippen molar-refractivity contribution in [1.29, 1.82) is 0 Å². The highest BCUT2D eigenvalue weighted by Crippen LogP contribution is 2.28. The summed E-state index contributed by atoms with van der Waals surface area (Å²) in [5.41, 5.74) is 2.06. The third-order valence-corrected chi connectivity index (χ3v) is 4.74. The fourth-order valence-electron chi connectivity index (χ4n) is 2.75. The zero-order chi connectivity index (χ0) is 16.1. The van der Waals surface area contributed by atoms with Crippen LogP contribution in [0.2, 0.25) is 0 Å². The summed E-state index contributed by atoms with van der Waals surface area (Å²) in [6.07, 6.45) is 7.88. The number of hydrogen-bond donors (Lipinski definition) is 1. The maximum atomic E-state index is 12.1. The molecule has 0 unspecified atom stereocenters. The first-order chi connectivity index (χ1) is 10.6. The summed E-state index contributed by atoms with van der Waals surface area (Å²) >= 11 is 1.47. The number of thioether (sulfide) groups is 1. The van der Waals surface area contributed by atoms with E-state index in [1.165, 1.54) is 49.9 Å². The number of H-pyrrole nitrogens is 1. The Morgan fingerprint density at radius 1 is 1.23 bits per heavy atom. The molecule has 0 aliphatic heterocycles. The molecule has 0 aliphatic rings. The summed E-state index contributed by atoms with van der Waals surface area (Å²) in [7, 11) is 0. The molecule has 1 N–H and O–H groups in total. The highest BCUT2D eigenvalue weighted by Gasteiger charge is 2.15. The maximum absolute atomic E-state index is 12.1. The Morgan fingerprint density at radius 3 is 2.64 bits per heavy atom. The Kier molecular flexibility index (Phi) is 5.83. The Balaban J connectivity index is 2.44. The molecule has 1 aromatic heterocycles. The predicted octanol–water partition coefficient (Wildman–Crippen LogP) is 4.58. The molecule has 1 heterocycles. The minimum Gasteiger partial charge on any atom is -0.321 e. The molecule has 0 spiro atoms. The van der Waals surface area contributed by atoms with Gasteiger partial charge in [0.1, 0.15) is 0 Å². The number of benzene rings is 1. The number of unbranched alkanes of at least 4 members (excludes halogenated alkanes) is 3. The minimum atomic E-state index is -0.292. The zero-order valence-electron chi connectivity index (χ0n) is 13.5. The number of Topliss-reactive ketones (excluding diaryl/α,β-unsaturated/α-hetero) is 1. The fraction of sp³-hybridized carbons (Fsp3) is 0.444. The van der Waals surface area contributed by atoms with Gasteiger partial charge in [0.25, 0.3) is 5.56 Å². The van der Waals surface area contributed by atoms with E-state index in [0.29, 0.717) is 0 Å². The van der Waals surface area contributed by atoms with Crippen LogP contribution in [0.15, 0.2) is 27.9 Å². The lowest BCUT2D eigenvalue weighted by atomic mass is 10.0. The van der Waals surface area contributed by atoms with Crippen LogP contribution in [0.25, 0.3) is 10.9 Å². The first-order valence-corrected chi connectivity index (χ1v) is 9.04. The van der Waals surface area contributed by atoms with Crippen molar-refractivity contribution in [1.82, 2.24) is 4.98 Å². The van der Waals surface area contributed by atoms with Gasteiger partial charge in [-0.25, -0.2) is 0 Å². The van der Waals surface area contributed by atoms with Crippen molar-refractivity contribution in [2.45, 2.75) is 50.8 Å². The molecule has 0 bridgehead atoms. The van der Waals surface area contributed by atoms with E-state index in [1.807, 2.05) is 12.3 Å². The molecule has 0 aliphatic carbocycles. The second-order valence-electron chi connectivity index (χ2n) is 5.61. The van der Waals surface area contributed by atoms with Crippen molar-refractivity contribution in [2.75, 3.05) is 6.26 Å². The number of rotatable bonds is 7. The maximum Gasteiger partial charge on any atom is 0.260 e. The largest absolute Gasteiger partial charge is 0.321 e. The van der Waals surface area contributed by atoms with E-state index < -0.39 is 0 Å².